The summed E-state index contributed by atoms with van der Waals surface area (Å²) < 4.78 is 54.9. The number of carbonyl (C=O) groups excluding carboxylic acids is 2. The highest BCUT2D eigenvalue weighted by molar-refractivity contribution is 5.84. The lowest BCUT2D eigenvalue weighted by Crippen LogP contribution is -2.70. The molecule has 9 fully saturated rings. The van der Waals surface area contributed by atoms with Crippen molar-refractivity contribution in [2.24, 2.45) is 71.0 Å². The summed E-state index contributed by atoms with van der Waals surface area (Å²) in [6, 6.07) is -0.254. The first-order chi connectivity index (χ1) is 34.9. The molecule has 0 amide bonds. The highest BCUT2D eigenvalue weighted by Gasteiger charge is 2.70. The molecule has 15 heteroatoms. The summed E-state index contributed by atoms with van der Waals surface area (Å²) >= 11 is 0. The van der Waals surface area contributed by atoms with Crippen LogP contribution in [0.5, 0.6) is 0 Å². The normalized spacial score (nSPS) is 51.1. The Morgan fingerprint density at radius 2 is 1.46 bits per heavy atom. The van der Waals surface area contributed by atoms with E-state index in [4.69, 9.17) is 47.7 Å². The second kappa shape index (κ2) is 21.1. The highest BCUT2D eigenvalue weighted by Crippen LogP contribution is 2.61. The fourth-order valence-corrected chi connectivity index (χ4v) is 16.5. The maximum absolute atomic E-state index is 15.0. The van der Waals surface area contributed by atoms with E-state index in [2.05, 4.69) is 59.9 Å². The second-order valence-corrected chi connectivity index (χ2v) is 26.2. The number of ether oxygens (including phenoxy) is 8. The van der Waals surface area contributed by atoms with Crippen LogP contribution in [0.1, 0.15) is 180 Å². The van der Waals surface area contributed by atoms with Gasteiger partial charge in [-0.2, -0.15) is 0 Å². The van der Waals surface area contributed by atoms with Gasteiger partial charge in [0, 0.05) is 48.3 Å². The second-order valence-electron chi connectivity index (χ2n) is 26.2. The molecule has 0 aromatic heterocycles. The van der Waals surface area contributed by atoms with Crippen LogP contribution in [-0.2, 0) is 57.3 Å². The first-order valence-corrected chi connectivity index (χ1v) is 29.5. The Kier molecular flexibility index (Phi) is 16.3. The Morgan fingerprint density at radius 1 is 0.757 bits per heavy atom. The van der Waals surface area contributed by atoms with Crippen LogP contribution in [0, 0.1) is 71.0 Å². The van der Waals surface area contributed by atoms with E-state index in [9.17, 15) is 15.0 Å². The average Bonchev–Trinajstić information content (AvgIpc) is 3.53. The summed E-state index contributed by atoms with van der Waals surface area (Å²) in [7, 11) is 1.91. The van der Waals surface area contributed by atoms with Crippen LogP contribution < -0.4 is 5.32 Å². The zero-order valence-electron chi connectivity index (χ0n) is 47.8. The van der Waals surface area contributed by atoms with E-state index < -0.39 is 94.8 Å². The number of nitrogens with one attached hydrogen (secondary N) is 1. The van der Waals surface area contributed by atoms with Gasteiger partial charge in [-0.3, -0.25) is 9.59 Å². The van der Waals surface area contributed by atoms with Crippen LogP contribution >= 0.6 is 0 Å². The molecule has 2 unspecified atom stereocenters. The van der Waals surface area contributed by atoms with Crippen molar-refractivity contribution in [1.82, 2.24) is 5.32 Å². The van der Waals surface area contributed by atoms with Crippen molar-refractivity contribution in [2.75, 3.05) is 7.05 Å². The third kappa shape index (κ3) is 9.55. The van der Waals surface area contributed by atoms with Crippen molar-refractivity contribution in [2.45, 2.75) is 270 Å². The van der Waals surface area contributed by atoms with Gasteiger partial charge >= 0.3 is 5.97 Å². The molecule has 0 radical (unpaired) electrons. The van der Waals surface area contributed by atoms with Crippen molar-refractivity contribution in [3.05, 3.63) is 12.2 Å². The number of hydrogen-bond donors (Lipinski definition) is 3. The van der Waals surface area contributed by atoms with Crippen LogP contribution in [0.4, 0.5) is 0 Å². The molecule has 27 atom stereocenters. The number of fused-ring (bicyclic) bond motifs is 2. The lowest BCUT2D eigenvalue weighted by molar-refractivity contribution is -0.576. The predicted molar refractivity (Wildman–Crippen MR) is 275 cm³/mol. The maximum Gasteiger partial charge on any atom is 0.313 e. The molecule has 2 bridgehead atoms. The molecule has 10 aliphatic rings. The van der Waals surface area contributed by atoms with Crippen molar-refractivity contribution in [3.8, 4) is 0 Å². The van der Waals surface area contributed by atoms with Gasteiger partial charge in [0.15, 0.2) is 23.5 Å². The summed E-state index contributed by atoms with van der Waals surface area (Å²) in [6.07, 6.45) is 9.10. The van der Waals surface area contributed by atoms with Gasteiger partial charge in [0.1, 0.15) is 5.78 Å². The largest absolute Gasteiger partial charge is 0.435 e. The van der Waals surface area contributed by atoms with Gasteiger partial charge in [0.05, 0.1) is 59.8 Å². The van der Waals surface area contributed by atoms with Gasteiger partial charge < -0.3 is 53.4 Å². The standard InChI is InChI=1S/C59H97NO14/c1-16-40(50-34(7)30-35(8)57(69-50)26-22-44(60-15)58(72-57)28-27-54(13,71-58)45-23-25-56(64,18-3)39(12)65-45)47(62)37(10)46(61)38(11)48-32(5)29-33(6)49(66-48)41(17-2)51(63)67-52-36(9)43-20-19-31(4)42-21-24-55(14)70-53(68-52)59(42,43)74-73-55/h22,26,31-46,48-50,52-53,60-61,64H,16-21,23-25,27-30H2,1-15H3/t31-,32+,33+,34+,35-,36-,37+,38+,39+,40+,41-,42+,43+,44-,45-,46-,48-,49-,50+,52?,53-,54+,55?,56-,57+,58+,59-/m1/s1. The van der Waals surface area contributed by atoms with Crippen molar-refractivity contribution in [1.29, 1.82) is 0 Å². The Balaban J connectivity index is 0.865. The Morgan fingerprint density at radius 3 is 2.14 bits per heavy atom. The van der Waals surface area contributed by atoms with E-state index in [-0.39, 0.29) is 71.4 Å². The molecule has 8 saturated heterocycles. The van der Waals surface area contributed by atoms with Gasteiger partial charge in [-0.25, -0.2) is 9.78 Å². The third-order valence-corrected chi connectivity index (χ3v) is 21.4. The van der Waals surface area contributed by atoms with Crippen LogP contribution in [0.25, 0.3) is 0 Å². The Bertz CT molecular complexity index is 2040. The lowest BCUT2D eigenvalue weighted by Gasteiger charge is -2.60. The summed E-state index contributed by atoms with van der Waals surface area (Å²) in [5.41, 5.74) is -2.27. The molecule has 1 saturated carbocycles. The summed E-state index contributed by atoms with van der Waals surface area (Å²) in [5, 5.41) is 27.0. The first-order valence-electron chi connectivity index (χ1n) is 29.5. The molecule has 1 aliphatic carbocycles. The molecule has 0 aromatic carbocycles. The first kappa shape index (κ1) is 57.1. The maximum atomic E-state index is 15.0. The van der Waals surface area contributed by atoms with E-state index in [1.807, 2.05) is 61.6 Å². The summed E-state index contributed by atoms with van der Waals surface area (Å²) in [4.78, 5) is 41.9. The van der Waals surface area contributed by atoms with Crippen LogP contribution in [0.15, 0.2) is 12.2 Å². The minimum absolute atomic E-state index is 0.0199. The number of rotatable bonds is 14. The summed E-state index contributed by atoms with van der Waals surface area (Å²) in [5.74, 6) is -5.20. The molecule has 3 spiro atoms. The van der Waals surface area contributed by atoms with Crippen molar-refractivity contribution >= 4 is 11.8 Å². The quantitative estimate of drug-likeness (QED) is 0.0851. The number of Topliss-reactive ketones (excluding diaryl/α,β-unsaturated/α-hetero) is 1. The minimum atomic E-state index is -1.15. The molecule has 422 valence electrons. The van der Waals surface area contributed by atoms with Gasteiger partial charge in [0.2, 0.25) is 12.1 Å². The molecule has 0 aromatic rings. The lowest BCUT2D eigenvalue weighted by atomic mass is 9.58. The zero-order valence-corrected chi connectivity index (χ0v) is 47.8. The smallest absolute Gasteiger partial charge is 0.313 e. The highest BCUT2D eigenvalue weighted by atomic mass is 17.3. The van der Waals surface area contributed by atoms with E-state index in [1.54, 1.807) is 0 Å². The number of carbonyl (C=O) groups is 2. The van der Waals surface area contributed by atoms with Gasteiger partial charge in [-0.05, 0) is 134 Å². The molecule has 15 nitrogen and oxygen atoms in total. The molecule has 3 N–H and O–H groups in total. The van der Waals surface area contributed by atoms with Crippen molar-refractivity contribution in [3.63, 3.8) is 0 Å². The molecule has 74 heavy (non-hydrogen) atoms. The molecule has 10 rings (SSSR count). The minimum Gasteiger partial charge on any atom is -0.435 e. The van der Waals surface area contributed by atoms with Gasteiger partial charge in [-0.15, -0.1) is 0 Å². The van der Waals surface area contributed by atoms with Gasteiger partial charge in [0.25, 0.3) is 0 Å². The Hall–Kier alpha value is -1.60. The average molecular weight is 1040 g/mol. The van der Waals surface area contributed by atoms with E-state index in [0.717, 1.165) is 32.1 Å². The van der Waals surface area contributed by atoms with Crippen LogP contribution in [-0.4, -0.2) is 118 Å². The topological polar surface area (TPSA) is 179 Å². The van der Waals surface area contributed by atoms with E-state index in [0.29, 0.717) is 57.3 Å². The van der Waals surface area contributed by atoms with Crippen LogP contribution in [0.3, 0.4) is 0 Å². The molecular formula is C59H97NO14. The number of aliphatic hydroxyl groups excluding tert-OH is 1. The third-order valence-electron chi connectivity index (χ3n) is 21.4. The molecular weight excluding hydrogens is 947 g/mol. The SMILES string of the molecule is CC[C@@H](C(=O)OC1O[C@@H]2OC3(C)CC[C@H]4[C@H](C)CC[C@@H]([C@H]1C)[C@@]24OO3)[C@@H]1O[C@@H]([C@@H](C)[C@H](O)[C@H](C)C(=O)[C@H](CC)[C@H]2O[C@]3(C=C[C@@H](NC)[C@]4(CC[C@@](C)([C@H]5CC[C@](O)(CC)[C@H](C)O5)O4)O3)[C@H](C)C[C@@H]2C)[C@@H](C)C[C@@H]1C. The monoisotopic (exact) mass is 1040 g/mol. The fourth-order valence-electron chi connectivity index (χ4n) is 16.5. The summed E-state index contributed by atoms with van der Waals surface area (Å²) in [6.45, 7) is 28.8. The Labute approximate surface area is 443 Å². The molecule has 9 heterocycles. The fraction of sp³-hybridized carbons (Fsp3) is 0.932. The van der Waals surface area contributed by atoms with Gasteiger partial charge in [-0.1, -0.05) is 82.2 Å². The zero-order chi connectivity index (χ0) is 53.7. The number of likely N-dealkylation sites (N-methyl/N-ethyl adjacent to an activating group) is 1. The number of ketones is 1. The van der Waals surface area contributed by atoms with E-state index >= 15 is 4.79 Å². The number of esters is 1. The number of hydrogen-bond acceptors (Lipinski definition) is 15. The predicted octanol–water partition coefficient (Wildman–Crippen LogP) is 9.33. The van der Waals surface area contributed by atoms with Crippen molar-refractivity contribution < 1.29 is 67.5 Å². The molecule has 9 aliphatic heterocycles. The van der Waals surface area contributed by atoms with E-state index in [1.165, 1.54) is 0 Å². The van der Waals surface area contributed by atoms with Crippen LogP contribution in [0.2, 0.25) is 0 Å². The number of aliphatic hydroxyl groups is 2.